The minimum atomic E-state index is -0.507. The van der Waals surface area contributed by atoms with Crippen LogP contribution in [-0.4, -0.2) is 73.7 Å². The maximum atomic E-state index is 13.1. The molecule has 3 fully saturated rings. The zero-order chi connectivity index (χ0) is 19.3. The molecule has 0 aliphatic carbocycles. The van der Waals surface area contributed by atoms with Crippen LogP contribution < -0.4 is 21.3 Å². The number of piperidine rings is 1. The van der Waals surface area contributed by atoms with E-state index in [-0.39, 0.29) is 24.4 Å². The highest BCUT2D eigenvalue weighted by Crippen LogP contribution is 2.23. The van der Waals surface area contributed by atoms with Gasteiger partial charge in [-0.1, -0.05) is 6.07 Å². The molecule has 1 aromatic rings. The van der Waals surface area contributed by atoms with Gasteiger partial charge in [-0.3, -0.25) is 20.3 Å². The molecule has 1 amide bonds. The lowest BCUT2D eigenvalue weighted by Crippen LogP contribution is -2.71. The van der Waals surface area contributed by atoms with Crippen LogP contribution >= 0.6 is 0 Å². The van der Waals surface area contributed by atoms with Crippen molar-refractivity contribution in [2.75, 3.05) is 39.4 Å². The van der Waals surface area contributed by atoms with Crippen LogP contribution in [0.25, 0.3) is 0 Å². The fourth-order valence-electron chi connectivity index (χ4n) is 4.10. The summed E-state index contributed by atoms with van der Waals surface area (Å²) in [5.41, 5.74) is 0.921. The van der Waals surface area contributed by atoms with E-state index in [0.29, 0.717) is 24.6 Å². The number of ether oxygens (including phenoxy) is 1. The monoisotopic (exact) mass is 385 g/mol. The van der Waals surface area contributed by atoms with Gasteiger partial charge in [0.15, 0.2) is 0 Å². The third kappa shape index (κ3) is 4.32. The summed E-state index contributed by atoms with van der Waals surface area (Å²) >= 11 is 0. The fraction of sp³-hybridized carbons (Fsp3) is 0.632. The first-order valence-corrected chi connectivity index (χ1v) is 9.96. The van der Waals surface area contributed by atoms with Crippen LogP contribution in [0.5, 0.6) is 0 Å². The Bertz CT molecular complexity index is 725. The number of carbonyl (C=O) groups excluding carboxylic acids is 1. The number of amides is 1. The normalized spacial score (nSPS) is 31.8. The van der Waals surface area contributed by atoms with Gasteiger partial charge in [0.2, 0.25) is 5.91 Å². The van der Waals surface area contributed by atoms with Crippen LogP contribution in [0.1, 0.15) is 30.1 Å². The van der Waals surface area contributed by atoms with Crippen molar-refractivity contribution in [3.8, 4) is 6.07 Å². The number of carbonyl (C=O) groups is 1. The molecule has 3 aliphatic rings. The number of hydrogen-bond donors (Lipinski definition) is 4. The van der Waals surface area contributed by atoms with Gasteiger partial charge in [0.1, 0.15) is 24.0 Å². The SMILES string of the molecule is N#Cc1cccc(C2C(=O)NC(N3CCOCC3)NC2N[C@@H]2CCCNC2)n1. The maximum Gasteiger partial charge on any atom is 0.234 e. The first kappa shape index (κ1) is 19.2. The number of morpholine rings is 1. The second-order valence-corrected chi connectivity index (χ2v) is 7.45. The fourth-order valence-corrected chi connectivity index (χ4v) is 4.10. The molecule has 9 nitrogen and oxygen atoms in total. The topological polar surface area (TPSA) is 114 Å². The second kappa shape index (κ2) is 8.94. The second-order valence-electron chi connectivity index (χ2n) is 7.45. The van der Waals surface area contributed by atoms with E-state index in [2.05, 4.69) is 37.2 Å². The predicted molar refractivity (Wildman–Crippen MR) is 102 cm³/mol. The summed E-state index contributed by atoms with van der Waals surface area (Å²) in [7, 11) is 0. The van der Waals surface area contributed by atoms with Gasteiger partial charge in [0.25, 0.3) is 0 Å². The Hall–Kier alpha value is -2.09. The van der Waals surface area contributed by atoms with Gasteiger partial charge in [0, 0.05) is 25.7 Å². The van der Waals surface area contributed by atoms with Gasteiger partial charge in [-0.25, -0.2) is 4.98 Å². The van der Waals surface area contributed by atoms with Gasteiger partial charge in [-0.15, -0.1) is 0 Å². The van der Waals surface area contributed by atoms with E-state index in [1.807, 2.05) is 6.07 Å². The van der Waals surface area contributed by atoms with Gasteiger partial charge in [0.05, 0.1) is 25.1 Å². The van der Waals surface area contributed by atoms with E-state index >= 15 is 0 Å². The molecule has 0 aromatic carbocycles. The zero-order valence-corrected chi connectivity index (χ0v) is 15.9. The Morgan fingerprint density at radius 3 is 2.93 bits per heavy atom. The average molecular weight is 385 g/mol. The van der Waals surface area contributed by atoms with Crippen molar-refractivity contribution in [2.45, 2.75) is 37.3 Å². The molecular formula is C19H27N7O2. The molecule has 3 saturated heterocycles. The van der Waals surface area contributed by atoms with Crippen molar-refractivity contribution in [1.29, 1.82) is 5.26 Å². The molecule has 0 bridgehead atoms. The van der Waals surface area contributed by atoms with Gasteiger partial charge in [-0.2, -0.15) is 5.26 Å². The highest BCUT2D eigenvalue weighted by Gasteiger charge is 2.41. The Kier molecular flexibility index (Phi) is 6.14. The molecule has 4 heterocycles. The number of nitrogens with one attached hydrogen (secondary N) is 4. The molecule has 3 aliphatic heterocycles. The molecule has 4 atom stereocenters. The van der Waals surface area contributed by atoms with E-state index in [4.69, 9.17) is 4.74 Å². The number of pyridine rings is 1. The molecule has 4 N–H and O–H groups in total. The smallest absolute Gasteiger partial charge is 0.234 e. The van der Waals surface area contributed by atoms with Crippen molar-refractivity contribution >= 4 is 5.91 Å². The number of aromatic nitrogens is 1. The number of nitriles is 1. The van der Waals surface area contributed by atoms with Crippen LogP contribution in [0.4, 0.5) is 0 Å². The minimum Gasteiger partial charge on any atom is -0.379 e. The lowest BCUT2D eigenvalue weighted by molar-refractivity contribution is -0.131. The molecule has 1 aromatic heterocycles. The number of hydrogen-bond acceptors (Lipinski definition) is 8. The highest BCUT2D eigenvalue weighted by molar-refractivity contribution is 5.85. The van der Waals surface area contributed by atoms with E-state index in [1.54, 1.807) is 12.1 Å². The Labute approximate surface area is 164 Å². The molecule has 0 spiro atoms. The van der Waals surface area contributed by atoms with E-state index in [0.717, 1.165) is 39.0 Å². The lowest BCUT2D eigenvalue weighted by Gasteiger charge is -2.44. The molecule has 150 valence electrons. The first-order chi connectivity index (χ1) is 13.7. The number of nitrogens with zero attached hydrogens (tertiary/aromatic N) is 3. The summed E-state index contributed by atoms with van der Waals surface area (Å²) in [6, 6.07) is 7.59. The molecule has 28 heavy (non-hydrogen) atoms. The van der Waals surface area contributed by atoms with E-state index in [9.17, 15) is 10.1 Å². The maximum absolute atomic E-state index is 13.1. The standard InChI is InChI=1S/C19H27N7O2/c20-11-13-3-1-5-15(22-13)16-17(23-14-4-2-6-21-12-14)24-19(25-18(16)27)26-7-9-28-10-8-26/h1,3,5,14,16-17,19,21,23-24H,2,4,6-10,12H2,(H,25,27)/t14-,16?,17?,19?/m1/s1. The Morgan fingerprint density at radius 1 is 1.32 bits per heavy atom. The van der Waals surface area contributed by atoms with Crippen molar-refractivity contribution in [3.63, 3.8) is 0 Å². The Balaban J connectivity index is 1.57. The predicted octanol–water partition coefficient (Wildman–Crippen LogP) is -0.960. The van der Waals surface area contributed by atoms with E-state index in [1.165, 1.54) is 0 Å². The van der Waals surface area contributed by atoms with E-state index < -0.39 is 5.92 Å². The van der Waals surface area contributed by atoms with Crippen molar-refractivity contribution in [2.24, 2.45) is 0 Å². The molecular weight excluding hydrogens is 358 g/mol. The van der Waals surface area contributed by atoms with Crippen LogP contribution in [0.15, 0.2) is 18.2 Å². The van der Waals surface area contributed by atoms with Crippen molar-refractivity contribution in [1.82, 2.24) is 31.2 Å². The van der Waals surface area contributed by atoms with Gasteiger partial charge < -0.3 is 15.4 Å². The van der Waals surface area contributed by atoms with Crippen molar-refractivity contribution in [3.05, 3.63) is 29.6 Å². The van der Waals surface area contributed by atoms with Crippen LogP contribution in [0.2, 0.25) is 0 Å². The minimum absolute atomic E-state index is 0.0842. The van der Waals surface area contributed by atoms with Crippen LogP contribution in [0.3, 0.4) is 0 Å². The first-order valence-electron chi connectivity index (χ1n) is 9.96. The molecule has 4 rings (SSSR count). The van der Waals surface area contributed by atoms with Crippen molar-refractivity contribution < 1.29 is 9.53 Å². The van der Waals surface area contributed by atoms with Crippen LogP contribution in [0, 0.1) is 11.3 Å². The third-order valence-electron chi connectivity index (χ3n) is 5.56. The molecule has 9 heteroatoms. The molecule has 0 radical (unpaired) electrons. The number of rotatable bonds is 4. The summed E-state index contributed by atoms with van der Waals surface area (Å²) in [4.78, 5) is 19.7. The highest BCUT2D eigenvalue weighted by atomic mass is 16.5. The third-order valence-corrected chi connectivity index (χ3v) is 5.56. The zero-order valence-electron chi connectivity index (χ0n) is 15.9. The molecule has 0 saturated carbocycles. The Morgan fingerprint density at radius 2 is 2.18 bits per heavy atom. The van der Waals surface area contributed by atoms with Gasteiger partial charge >= 0.3 is 0 Å². The summed E-state index contributed by atoms with van der Waals surface area (Å²) in [5.74, 6) is -0.591. The largest absolute Gasteiger partial charge is 0.379 e. The molecule has 3 unspecified atom stereocenters. The summed E-state index contributed by atoms with van der Waals surface area (Å²) < 4.78 is 5.44. The van der Waals surface area contributed by atoms with Crippen LogP contribution in [-0.2, 0) is 9.53 Å². The summed E-state index contributed by atoms with van der Waals surface area (Å²) in [6.45, 7) is 4.76. The average Bonchev–Trinajstić information content (AvgIpc) is 2.75. The summed E-state index contributed by atoms with van der Waals surface area (Å²) in [6.07, 6.45) is 1.65. The summed E-state index contributed by atoms with van der Waals surface area (Å²) in [5, 5.41) is 22.9. The van der Waals surface area contributed by atoms with Gasteiger partial charge in [-0.05, 0) is 31.5 Å². The quantitative estimate of drug-likeness (QED) is 0.524. The lowest BCUT2D eigenvalue weighted by atomic mass is 9.95.